The zero-order valence-corrected chi connectivity index (χ0v) is 14.9. The number of nitrogens with zero attached hydrogens (tertiary/aromatic N) is 1. The molecule has 0 aromatic heterocycles. The number of rotatable bonds is 5. The molecule has 22 heavy (non-hydrogen) atoms. The van der Waals surface area contributed by atoms with E-state index >= 15 is 0 Å². The summed E-state index contributed by atoms with van der Waals surface area (Å²) in [5.41, 5.74) is 6.03. The maximum Gasteiger partial charge on any atom is 0.243 e. The number of aryl methyl sites for hydroxylation is 1. The molecule has 8 heteroatoms. The molecular weight excluding hydrogens is 328 g/mol. The Morgan fingerprint density at radius 1 is 1.27 bits per heavy atom. The van der Waals surface area contributed by atoms with Crippen molar-refractivity contribution in [2.75, 3.05) is 26.9 Å². The molecule has 2 rings (SSSR count). The van der Waals surface area contributed by atoms with Crippen molar-refractivity contribution in [2.45, 2.75) is 25.7 Å². The van der Waals surface area contributed by atoms with Gasteiger partial charge in [-0.05, 0) is 30.5 Å². The first-order chi connectivity index (χ1) is 9.67. The molecule has 0 amide bonds. The highest BCUT2D eigenvalue weighted by molar-refractivity contribution is 7.89. The van der Waals surface area contributed by atoms with Crippen LogP contribution in [0.2, 0.25) is 0 Å². The first-order valence-corrected chi connectivity index (χ1v) is 8.18. The van der Waals surface area contributed by atoms with Gasteiger partial charge in [0.05, 0.1) is 4.90 Å². The van der Waals surface area contributed by atoms with Gasteiger partial charge in [-0.3, -0.25) is 0 Å². The molecule has 1 aromatic carbocycles. The highest BCUT2D eigenvalue weighted by atomic mass is 35.5. The highest BCUT2D eigenvalue weighted by Crippen LogP contribution is 2.37. The minimum Gasteiger partial charge on any atom is -0.454 e. The summed E-state index contributed by atoms with van der Waals surface area (Å²) in [4.78, 5) is 0.238. The molecular formula is C14H23ClN2O4S. The van der Waals surface area contributed by atoms with Crippen LogP contribution in [0.1, 0.15) is 19.4 Å². The number of sulfonamides is 1. The molecule has 1 aliphatic heterocycles. The van der Waals surface area contributed by atoms with Crippen molar-refractivity contribution < 1.29 is 17.9 Å². The Labute approximate surface area is 138 Å². The van der Waals surface area contributed by atoms with E-state index < -0.39 is 10.0 Å². The van der Waals surface area contributed by atoms with E-state index in [0.717, 1.165) is 0 Å². The van der Waals surface area contributed by atoms with Crippen LogP contribution in [0.5, 0.6) is 11.5 Å². The van der Waals surface area contributed by atoms with Gasteiger partial charge in [0, 0.05) is 19.7 Å². The molecule has 0 unspecified atom stereocenters. The van der Waals surface area contributed by atoms with Crippen LogP contribution in [0.4, 0.5) is 0 Å². The van der Waals surface area contributed by atoms with Crippen molar-refractivity contribution in [1.29, 1.82) is 0 Å². The van der Waals surface area contributed by atoms with E-state index in [4.69, 9.17) is 15.2 Å². The quantitative estimate of drug-likeness (QED) is 0.874. The Hall–Kier alpha value is -1.02. The molecule has 0 fully saturated rings. The lowest BCUT2D eigenvalue weighted by molar-refractivity contribution is 0.174. The molecule has 0 atom stereocenters. The van der Waals surface area contributed by atoms with Crippen LogP contribution in [0.15, 0.2) is 17.0 Å². The van der Waals surface area contributed by atoms with Gasteiger partial charge in [0.1, 0.15) is 0 Å². The summed E-state index contributed by atoms with van der Waals surface area (Å²) in [6, 6.07) is 3.22. The van der Waals surface area contributed by atoms with Gasteiger partial charge in [-0.25, -0.2) is 12.7 Å². The summed E-state index contributed by atoms with van der Waals surface area (Å²) in [6.45, 7) is 6.49. The molecule has 0 radical (unpaired) electrons. The molecule has 1 aliphatic rings. The van der Waals surface area contributed by atoms with Crippen LogP contribution in [0.25, 0.3) is 0 Å². The lowest BCUT2D eigenvalue weighted by Gasteiger charge is -2.28. The summed E-state index contributed by atoms with van der Waals surface area (Å²) in [7, 11) is -2.03. The average Bonchev–Trinajstić information content (AvgIpc) is 2.84. The third-order valence-electron chi connectivity index (χ3n) is 3.56. The SMILES string of the molecule is Cc1cc2c(cc1S(=O)(=O)N(C)CC(C)(C)CN)OCO2.Cl. The Bertz CT molecular complexity index is 646. The smallest absolute Gasteiger partial charge is 0.243 e. The largest absolute Gasteiger partial charge is 0.454 e. The van der Waals surface area contributed by atoms with Crippen LogP contribution in [-0.4, -0.2) is 39.7 Å². The highest BCUT2D eigenvalue weighted by Gasteiger charge is 2.30. The van der Waals surface area contributed by atoms with Crippen molar-refractivity contribution in [3.8, 4) is 11.5 Å². The third-order valence-corrected chi connectivity index (χ3v) is 5.51. The van der Waals surface area contributed by atoms with E-state index in [2.05, 4.69) is 0 Å². The molecule has 0 spiro atoms. The van der Waals surface area contributed by atoms with Crippen molar-refractivity contribution in [2.24, 2.45) is 11.1 Å². The predicted molar refractivity (Wildman–Crippen MR) is 87.2 cm³/mol. The normalized spacial score (nSPS) is 14.1. The molecule has 6 nitrogen and oxygen atoms in total. The molecule has 126 valence electrons. The van der Waals surface area contributed by atoms with Crippen molar-refractivity contribution in [1.82, 2.24) is 4.31 Å². The van der Waals surface area contributed by atoms with E-state index in [1.54, 1.807) is 20.0 Å². The van der Waals surface area contributed by atoms with Gasteiger partial charge < -0.3 is 15.2 Å². The Morgan fingerprint density at radius 2 is 1.82 bits per heavy atom. The molecule has 2 N–H and O–H groups in total. The minimum atomic E-state index is -3.59. The number of benzene rings is 1. The second-order valence-electron chi connectivity index (χ2n) is 6.10. The van der Waals surface area contributed by atoms with Crippen LogP contribution < -0.4 is 15.2 Å². The summed E-state index contributed by atoms with van der Waals surface area (Å²) >= 11 is 0. The second kappa shape index (κ2) is 6.62. The van der Waals surface area contributed by atoms with Gasteiger partial charge in [0.2, 0.25) is 16.8 Å². The van der Waals surface area contributed by atoms with Gasteiger partial charge in [0.25, 0.3) is 0 Å². The standard InChI is InChI=1S/C14H22N2O4S.ClH/c1-10-5-11-12(20-9-19-11)6-13(10)21(17,18)16(4)8-14(2,3)7-15;/h5-6H,7-9,15H2,1-4H3;1H. The molecule has 0 saturated carbocycles. The zero-order chi connectivity index (χ0) is 15.8. The number of fused-ring (bicyclic) bond motifs is 1. The Morgan fingerprint density at radius 3 is 2.36 bits per heavy atom. The minimum absolute atomic E-state index is 0. The van der Waals surface area contributed by atoms with E-state index in [1.165, 1.54) is 10.4 Å². The zero-order valence-electron chi connectivity index (χ0n) is 13.3. The molecule has 1 aromatic rings. The average molecular weight is 351 g/mol. The van der Waals surface area contributed by atoms with Crippen molar-refractivity contribution in [3.63, 3.8) is 0 Å². The van der Waals surface area contributed by atoms with Crippen LogP contribution >= 0.6 is 12.4 Å². The van der Waals surface area contributed by atoms with E-state index in [-0.39, 0.29) is 29.5 Å². The summed E-state index contributed by atoms with van der Waals surface area (Å²) < 4.78 is 37.3. The fourth-order valence-corrected chi connectivity index (χ4v) is 3.80. The number of halogens is 1. The monoisotopic (exact) mass is 350 g/mol. The van der Waals surface area contributed by atoms with Crippen molar-refractivity contribution in [3.05, 3.63) is 17.7 Å². The van der Waals surface area contributed by atoms with E-state index in [0.29, 0.717) is 30.2 Å². The molecule has 0 aliphatic carbocycles. The second-order valence-corrected chi connectivity index (χ2v) is 8.11. The summed E-state index contributed by atoms with van der Waals surface area (Å²) in [6.07, 6.45) is 0. The van der Waals surface area contributed by atoms with E-state index in [9.17, 15) is 8.42 Å². The van der Waals surface area contributed by atoms with Crippen LogP contribution in [0, 0.1) is 12.3 Å². The van der Waals surface area contributed by atoms with Gasteiger partial charge in [-0.15, -0.1) is 12.4 Å². The maximum atomic E-state index is 12.7. The van der Waals surface area contributed by atoms with Gasteiger partial charge >= 0.3 is 0 Å². The summed E-state index contributed by atoms with van der Waals surface area (Å²) in [5.74, 6) is 1.04. The maximum absolute atomic E-state index is 12.7. The van der Waals surface area contributed by atoms with Gasteiger partial charge in [-0.2, -0.15) is 0 Å². The van der Waals surface area contributed by atoms with Crippen LogP contribution in [-0.2, 0) is 10.0 Å². The fourth-order valence-electron chi connectivity index (χ4n) is 2.22. The number of nitrogens with two attached hydrogens (primary N) is 1. The topological polar surface area (TPSA) is 81.9 Å². The first-order valence-electron chi connectivity index (χ1n) is 6.74. The number of hydrogen-bond donors (Lipinski definition) is 1. The summed E-state index contributed by atoms with van der Waals surface area (Å²) in [5, 5.41) is 0. The van der Waals surface area contributed by atoms with Crippen LogP contribution in [0.3, 0.4) is 0 Å². The molecule has 0 saturated heterocycles. The van der Waals surface area contributed by atoms with Gasteiger partial charge in [-0.1, -0.05) is 13.8 Å². The lowest BCUT2D eigenvalue weighted by Crippen LogP contribution is -2.39. The fraction of sp³-hybridized carbons (Fsp3) is 0.571. The Balaban J connectivity index is 0.00000242. The van der Waals surface area contributed by atoms with E-state index in [1.807, 2.05) is 13.8 Å². The number of hydrogen-bond acceptors (Lipinski definition) is 5. The lowest BCUT2D eigenvalue weighted by atomic mass is 9.94. The Kier molecular flexibility index (Phi) is 5.72. The predicted octanol–water partition coefficient (Wildman–Crippen LogP) is 1.75. The van der Waals surface area contributed by atoms with Crippen molar-refractivity contribution >= 4 is 22.4 Å². The molecule has 0 bridgehead atoms. The molecule has 1 heterocycles. The third kappa shape index (κ3) is 3.65. The van der Waals surface area contributed by atoms with Gasteiger partial charge in [0.15, 0.2) is 11.5 Å². The number of ether oxygens (including phenoxy) is 2. The first kappa shape index (κ1) is 19.0.